The van der Waals surface area contributed by atoms with Crippen LogP contribution in [0.25, 0.3) is 5.52 Å². The summed E-state index contributed by atoms with van der Waals surface area (Å²) in [5.74, 6) is -0.987. The Morgan fingerprint density at radius 2 is 1.97 bits per heavy atom. The molecule has 32 heavy (non-hydrogen) atoms. The zero-order valence-corrected chi connectivity index (χ0v) is 17.6. The van der Waals surface area contributed by atoms with Crippen molar-refractivity contribution in [2.45, 2.75) is 43.5 Å². The third-order valence-corrected chi connectivity index (χ3v) is 6.66. The van der Waals surface area contributed by atoms with Crippen molar-refractivity contribution in [1.29, 1.82) is 0 Å². The molecule has 1 aliphatic heterocycles. The maximum absolute atomic E-state index is 13.7. The molecule has 3 aliphatic rings. The predicted octanol–water partition coefficient (Wildman–Crippen LogP) is 2.86. The van der Waals surface area contributed by atoms with E-state index in [1.165, 1.54) is 9.80 Å². The number of alkyl halides is 3. The molecule has 7 nitrogen and oxygen atoms in total. The molecule has 1 saturated heterocycles. The maximum atomic E-state index is 13.7. The number of aliphatic hydroxyl groups is 1. The van der Waals surface area contributed by atoms with E-state index in [2.05, 4.69) is 5.10 Å². The maximum Gasteiger partial charge on any atom is 0.433 e. The van der Waals surface area contributed by atoms with Crippen molar-refractivity contribution in [3.63, 3.8) is 0 Å². The van der Waals surface area contributed by atoms with E-state index in [0.29, 0.717) is 16.5 Å². The second-order valence-corrected chi connectivity index (χ2v) is 8.82. The number of pyridine rings is 1. The smallest absolute Gasteiger partial charge is 0.387 e. The van der Waals surface area contributed by atoms with Crippen LogP contribution in [0.3, 0.4) is 0 Å². The Morgan fingerprint density at radius 1 is 1.22 bits per heavy atom. The molecular formula is C21H20ClF3N4O3. The number of aliphatic hydroxyl groups excluding tert-OH is 1. The van der Waals surface area contributed by atoms with E-state index in [1.807, 2.05) is 0 Å². The summed E-state index contributed by atoms with van der Waals surface area (Å²) in [5.41, 5.74) is -0.745. The Bertz CT molecular complexity index is 1140. The van der Waals surface area contributed by atoms with Gasteiger partial charge in [-0.25, -0.2) is 4.52 Å². The molecule has 0 unspecified atom stereocenters. The molecule has 1 saturated carbocycles. The lowest BCUT2D eigenvalue weighted by Gasteiger charge is -2.38. The van der Waals surface area contributed by atoms with Gasteiger partial charge in [0.05, 0.1) is 22.7 Å². The summed E-state index contributed by atoms with van der Waals surface area (Å²) >= 11 is 6.34. The second kappa shape index (κ2) is 7.48. The highest BCUT2D eigenvalue weighted by Gasteiger charge is 2.39. The summed E-state index contributed by atoms with van der Waals surface area (Å²) < 4.78 is 41.7. The molecule has 11 heteroatoms. The number of amides is 2. The summed E-state index contributed by atoms with van der Waals surface area (Å²) in [5, 5.41) is 13.8. The van der Waals surface area contributed by atoms with Crippen LogP contribution in [0.1, 0.15) is 46.9 Å². The Kier molecular flexibility index (Phi) is 4.97. The summed E-state index contributed by atoms with van der Waals surface area (Å²) in [6.07, 6.45) is 0.144. The number of hydrogen-bond acceptors (Lipinski definition) is 4. The molecule has 0 spiro atoms. The van der Waals surface area contributed by atoms with Crippen molar-refractivity contribution < 1.29 is 27.9 Å². The van der Waals surface area contributed by atoms with Crippen LogP contribution in [0.2, 0.25) is 5.02 Å². The van der Waals surface area contributed by atoms with E-state index in [0.717, 1.165) is 18.9 Å². The number of carbonyl (C=O) groups excluding carboxylic acids is 2. The highest BCUT2D eigenvalue weighted by Crippen LogP contribution is 2.43. The highest BCUT2D eigenvalue weighted by molar-refractivity contribution is 6.36. The first kappa shape index (κ1) is 21.3. The molecule has 2 atom stereocenters. The van der Waals surface area contributed by atoms with Gasteiger partial charge in [0.1, 0.15) is 12.2 Å². The average molecular weight is 469 g/mol. The number of aromatic nitrogens is 2. The largest absolute Gasteiger partial charge is 0.433 e. The van der Waals surface area contributed by atoms with Crippen LogP contribution >= 0.6 is 11.6 Å². The lowest BCUT2D eigenvalue weighted by molar-refractivity contribution is -0.142. The number of rotatable bonds is 3. The number of piperazine rings is 1. The van der Waals surface area contributed by atoms with Crippen LogP contribution in [0.5, 0.6) is 0 Å². The van der Waals surface area contributed by atoms with E-state index in [9.17, 15) is 27.9 Å². The fraction of sp³-hybridized carbons (Fsp3) is 0.476. The van der Waals surface area contributed by atoms with Crippen molar-refractivity contribution in [2.24, 2.45) is 0 Å². The highest BCUT2D eigenvalue weighted by atomic mass is 35.5. The van der Waals surface area contributed by atoms with Crippen LogP contribution in [-0.2, 0) is 11.0 Å². The second-order valence-electron chi connectivity index (χ2n) is 8.44. The number of carbonyl (C=O) groups is 2. The number of nitrogens with zero attached hydrogens (tertiary/aromatic N) is 4. The van der Waals surface area contributed by atoms with Gasteiger partial charge in [0, 0.05) is 13.1 Å². The summed E-state index contributed by atoms with van der Waals surface area (Å²) in [7, 11) is 0. The molecule has 0 aromatic carbocycles. The molecular weight excluding hydrogens is 449 g/mol. The fourth-order valence-electron chi connectivity index (χ4n) is 4.43. The molecule has 2 amide bonds. The molecule has 0 radical (unpaired) electrons. The molecule has 2 aromatic heterocycles. The minimum Gasteiger partial charge on any atom is -0.387 e. The van der Waals surface area contributed by atoms with Crippen molar-refractivity contribution in [3.05, 3.63) is 46.3 Å². The molecule has 3 heterocycles. The SMILES string of the molecule is O=C(c1nn2c(C(F)(F)F)cc(C3CC3)cc2c1Cl)N1CCN([C@@H]2CC=C[C@H]2O)C(=O)C1. The van der Waals surface area contributed by atoms with Crippen molar-refractivity contribution >= 4 is 28.9 Å². The molecule has 170 valence electrons. The Labute approximate surface area is 186 Å². The molecule has 1 N–H and O–H groups in total. The van der Waals surface area contributed by atoms with Crippen LogP contribution < -0.4 is 0 Å². The normalized spacial score (nSPS) is 24.1. The van der Waals surface area contributed by atoms with Gasteiger partial charge in [-0.1, -0.05) is 23.8 Å². The predicted molar refractivity (Wildman–Crippen MR) is 108 cm³/mol. The van der Waals surface area contributed by atoms with Gasteiger partial charge < -0.3 is 14.9 Å². The molecule has 2 fully saturated rings. The summed E-state index contributed by atoms with van der Waals surface area (Å²) in [6.45, 7) is 0.113. The van der Waals surface area contributed by atoms with Gasteiger partial charge in [-0.05, 0) is 42.9 Å². The average Bonchev–Trinajstić information content (AvgIpc) is 3.43. The molecule has 5 rings (SSSR count). The molecule has 0 bridgehead atoms. The Hall–Kier alpha value is -2.59. The van der Waals surface area contributed by atoms with Crippen LogP contribution in [0.4, 0.5) is 13.2 Å². The van der Waals surface area contributed by atoms with E-state index in [1.54, 1.807) is 18.2 Å². The lowest BCUT2D eigenvalue weighted by atomic mass is 10.1. The number of fused-ring (bicyclic) bond motifs is 1. The van der Waals surface area contributed by atoms with E-state index in [4.69, 9.17) is 11.6 Å². The van der Waals surface area contributed by atoms with Gasteiger partial charge in [0.15, 0.2) is 5.69 Å². The fourth-order valence-corrected chi connectivity index (χ4v) is 4.68. The monoisotopic (exact) mass is 468 g/mol. The summed E-state index contributed by atoms with van der Waals surface area (Å²) in [6, 6.07) is 2.25. The van der Waals surface area contributed by atoms with Gasteiger partial charge in [0.25, 0.3) is 5.91 Å². The van der Waals surface area contributed by atoms with Crippen molar-refractivity contribution in [3.8, 4) is 0 Å². The summed E-state index contributed by atoms with van der Waals surface area (Å²) in [4.78, 5) is 28.5. The first-order valence-corrected chi connectivity index (χ1v) is 10.8. The zero-order valence-electron chi connectivity index (χ0n) is 16.8. The first-order valence-electron chi connectivity index (χ1n) is 10.4. The zero-order chi connectivity index (χ0) is 22.8. The van der Waals surface area contributed by atoms with Gasteiger partial charge in [-0.3, -0.25) is 9.59 Å². The van der Waals surface area contributed by atoms with Gasteiger partial charge in [0.2, 0.25) is 5.91 Å². The number of hydrogen-bond donors (Lipinski definition) is 1. The van der Waals surface area contributed by atoms with Gasteiger partial charge >= 0.3 is 6.18 Å². The van der Waals surface area contributed by atoms with Gasteiger partial charge in [-0.15, -0.1) is 0 Å². The standard InChI is InChI=1S/C21H20ClF3N4O3/c22-18-14-8-12(11-4-5-11)9-16(21(23,24)25)29(14)26-19(18)20(32)27-6-7-28(17(31)10-27)13-2-1-3-15(13)30/h1,3,8-9,11,13,15,30H,2,4-7,10H2/t13-,15-/m1/s1. The molecule has 2 aliphatic carbocycles. The first-order chi connectivity index (χ1) is 15.1. The van der Waals surface area contributed by atoms with Crippen molar-refractivity contribution in [2.75, 3.05) is 19.6 Å². The Balaban J connectivity index is 1.44. The van der Waals surface area contributed by atoms with Crippen LogP contribution in [-0.4, -0.2) is 68.1 Å². The quantitative estimate of drug-likeness (QED) is 0.703. The van der Waals surface area contributed by atoms with E-state index in [-0.39, 0.29) is 53.7 Å². The van der Waals surface area contributed by atoms with Gasteiger partial charge in [-0.2, -0.15) is 18.3 Å². The Morgan fingerprint density at radius 3 is 2.56 bits per heavy atom. The van der Waals surface area contributed by atoms with Crippen LogP contribution in [0, 0.1) is 0 Å². The number of halogens is 4. The minimum absolute atomic E-state index is 0.0249. The topological polar surface area (TPSA) is 78.2 Å². The van der Waals surface area contributed by atoms with Crippen LogP contribution in [0.15, 0.2) is 24.3 Å². The third kappa shape index (κ3) is 3.55. The lowest BCUT2D eigenvalue weighted by Crippen LogP contribution is -2.57. The minimum atomic E-state index is -4.67. The third-order valence-electron chi connectivity index (χ3n) is 6.29. The van der Waals surface area contributed by atoms with E-state index < -0.39 is 23.9 Å². The van der Waals surface area contributed by atoms with E-state index >= 15 is 0 Å². The molecule has 2 aromatic rings. The van der Waals surface area contributed by atoms with Crippen molar-refractivity contribution in [1.82, 2.24) is 19.4 Å².